The van der Waals surface area contributed by atoms with Crippen LogP contribution < -0.4 is 0 Å². The summed E-state index contributed by atoms with van der Waals surface area (Å²) in [6.07, 6.45) is -4.48. The molecule has 5 nitrogen and oxygen atoms in total. The van der Waals surface area contributed by atoms with Crippen LogP contribution in [-0.2, 0) is 4.79 Å². The Bertz CT molecular complexity index is 603. The second-order valence-corrected chi connectivity index (χ2v) is 3.33. The summed E-state index contributed by atoms with van der Waals surface area (Å²) in [5, 5.41) is 16.8. The summed E-state index contributed by atoms with van der Waals surface area (Å²) in [5.74, 6) is -2.76. The normalized spacial score (nSPS) is 10.7. The Morgan fingerprint density at radius 1 is 1.05 bits per heavy atom. The van der Waals surface area contributed by atoms with E-state index in [0.29, 0.717) is 0 Å². The molecule has 0 aliphatic rings. The van der Waals surface area contributed by atoms with E-state index in [0.717, 1.165) is 10.9 Å². The van der Waals surface area contributed by atoms with Crippen molar-refractivity contribution < 1.29 is 33.0 Å². The maximum absolute atomic E-state index is 10.6. The molecule has 2 rings (SSSR count). The number of hydrogen-bond donors (Lipinski definition) is 2. The van der Waals surface area contributed by atoms with E-state index in [1.807, 2.05) is 18.2 Å². The summed E-state index contributed by atoms with van der Waals surface area (Å²) >= 11 is 0. The fraction of sp³-hybridized carbons (Fsp3) is 0.0909. The molecule has 1 aromatic heterocycles. The predicted octanol–water partition coefficient (Wildman–Crippen LogP) is 2.80. The number of aromatic nitrogens is 1. The summed E-state index contributed by atoms with van der Waals surface area (Å²) < 4.78 is 32.9. The van der Waals surface area contributed by atoms with Crippen LogP contribution in [0.1, 0.15) is 0 Å². The standard InChI is InChI=1S/C9H7NO2.C2HF3O2/c11-9(12)10-6-5-7-3-1-2-4-8(7)10;3-2(4,5)1(6)7/h1-6H,(H,11,12);(H,6,7). The molecule has 2 aromatic rings. The number of halogens is 3. The lowest BCUT2D eigenvalue weighted by Gasteiger charge is -1.95. The van der Waals surface area contributed by atoms with E-state index in [2.05, 4.69) is 0 Å². The van der Waals surface area contributed by atoms with Gasteiger partial charge in [0.2, 0.25) is 0 Å². The van der Waals surface area contributed by atoms with Gasteiger partial charge in [-0.15, -0.1) is 0 Å². The van der Waals surface area contributed by atoms with Gasteiger partial charge in [0.05, 0.1) is 5.52 Å². The largest absolute Gasteiger partial charge is 0.490 e. The number of carboxylic acid groups (broad SMARTS) is 2. The number of para-hydroxylation sites is 1. The summed E-state index contributed by atoms with van der Waals surface area (Å²) in [6, 6.07) is 9.15. The molecule has 19 heavy (non-hydrogen) atoms. The van der Waals surface area contributed by atoms with E-state index >= 15 is 0 Å². The zero-order valence-electron chi connectivity index (χ0n) is 9.26. The van der Waals surface area contributed by atoms with Gasteiger partial charge in [0.25, 0.3) is 0 Å². The fourth-order valence-corrected chi connectivity index (χ4v) is 1.25. The molecule has 0 bridgehead atoms. The van der Waals surface area contributed by atoms with Crippen molar-refractivity contribution in [2.45, 2.75) is 6.18 Å². The van der Waals surface area contributed by atoms with E-state index in [1.54, 1.807) is 18.3 Å². The average Bonchev–Trinajstić information content (AvgIpc) is 2.72. The highest BCUT2D eigenvalue weighted by atomic mass is 19.4. The maximum Gasteiger partial charge on any atom is 0.490 e. The third-order valence-corrected chi connectivity index (χ3v) is 2.05. The number of hydrogen-bond acceptors (Lipinski definition) is 2. The van der Waals surface area contributed by atoms with Gasteiger partial charge in [-0.25, -0.2) is 9.59 Å². The molecule has 0 atom stereocenters. The predicted molar refractivity (Wildman–Crippen MR) is 59.1 cm³/mol. The van der Waals surface area contributed by atoms with Crippen LogP contribution in [0.2, 0.25) is 0 Å². The maximum atomic E-state index is 10.6. The zero-order valence-corrected chi connectivity index (χ0v) is 9.26. The number of carboxylic acids is 1. The van der Waals surface area contributed by atoms with E-state index in [-0.39, 0.29) is 0 Å². The van der Waals surface area contributed by atoms with Crippen LogP contribution >= 0.6 is 0 Å². The van der Waals surface area contributed by atoms with Gasteiger partial charge < -0.3 is 10.2 Å². The third-order valence-electron chi connectivity index (χ3n) is 2.05. The molecule has 102 valence electrons. The van der Waals surface area contributed by atoms with Crippen LogP contribution in [-0.4, -0.2) is 33.0 Å². The fourth-order valence-electron chi connectivity index (χ4n) is 1.25. The third kappa shape index (κ3) is 3.73. The molecule has 1 aromatic carbocycles. The topological polar surface area (TPSA) is 79.5 Å². The van der Waals surface area contributed by atoms with Crippen LogP contribution in [0.4, 0.5) is 18.0 Å². The molecule has 0 saturated heterocycles. The summed E-state index contributed by atoms with van der Waals surface area (Å²) in [6.45, 7) is 0. The average molecular weight is 275 g/mol. The minimum Gasteiger partial charge on any atom is -0.475 e. The van der Waals surface area contributed by atoms with Crippen molar-refractivity contribution in [1.82, 2.24) is 4.57 Å². The van der Waals surface area contributed by atoms with E-state index in [4.69, 9.17) is 15.0 Å². The quantitative estimate of drug-likeness (QED) is 0.774. The molecule has 0 aliphatic carbocycles. The molecular weight excluding hydrogens is 267 g/mol. The molecular formula is C11H8F3NO4. The first-order chi connectivity index (χ1) is 8.73. The zero-order chi connectivity index (χ0) is 14.6. The molecule has 0 amide bonds. The number of carbonyl (C=O) groups is 2. The molecule has 0 radical (unpaired) electrons. The van der Waals surface area contributed by atoms with E-state index in [1.165, 1.54) is 4.57 Å². The van der Waals surface area contributed by atoms with Crippen LogP contribution in [0.15, 0.2) is 36.5 Å². The number of fused-ring (bicyclic) bond motifs is 1. The number of nitrogens with zero attached hydrogens (tertiary/aromatic N) is 1. The van der Waals surface area contributed by atoms with Crippen LogP contribution in [0, 0.1) is 0 Å². The highest BCUT2D eigenvalue weighted by molar-refractivity contribution is 5.88. The van der Waals surface area contributed by atoms with E-state index < -0.39 is 18.2 Å². The van der Waals surface area contributed by atoms with Gasteiger partial charge in [0.15, 0.2) is 0 Å². The van der Waals surface area contributed by atoms with Crippen LogP contribution in [0.25, 0.3) is 10.9 Å². The van der Waals surface area contributed by atoms with Crippen molar-refractivity contribution in [3.05, 3.63) is 36.5 Å². The minimum absolute atomic E-state index is 0.727. The molecule has 0 aliphatic heterocycles. The second kappa shape index (κ2) is 5.42. The first kappa shape index (κ1) is 14.6. The van der Waals surface area contributed by atoms with Crippen molar-refractivity contribution in [2.75, 3.05) is 0 Å². The SMILES string of the molecule is O=C(O)C(F)(F)F.O=C(O)n1ccc2ccccc21. The van der Waals surface area contributed by atoms with Gasteiger partial charge in [0, 0.05) is 11.6 Å². The van der Waals surface area contributed by atoms with Crippen LogP contribution in [0.3, 0.4) is 0 Å². The van der Waals surface area contributed by atoms with Crippen molar-refractivity contribution in [2.24, 2.45) is 0 Å². The summed E-state index contributed by atoms with van der Waals surface area (Å²) in [4.78, 5) is 19.5. The molecule has 0 unspecified atom stereocenters. The van der Waals surface area contributed by atoms with Gasteiger partial charge >= 0.3 is 18.2 Å². The molecule has 0 saturated carbocycles. The van der Waals surface area contributed by atoms with Crippen molar-refractivity contribution in [3.63, 3.8) is 0 Å². The second-order valence-electron chi connectivity index (χ2n) is 3.33. The highest BCUT2D eigenvalue weighted by Gasteiger charge is 2.38. The van der Waals surface area contributed by atoms with Gasteiger partial charge in [-0.2, -0.15) is 13.2 Å². The summed E-state index contributed by atoms with van der Waals surface area (Å²) in [5.41, 5.74) is 0.727. The summed E-state index contributed by atoms with van der Waals surface area (Å²) in [7, 11) is 0. The Kier molecular flexibility index (Phi) is 4.15. The molecule has 0 spiro atoms. The van der Waals surface area contributed by atoms with Gasteiger partial charge in [-0.1, -0.05) is 18.2 Å². The van der Waals surface area contributed by atoms with Crippen molar-refractivity contribution >= 4 is 23.0 Å². The number of aliphatic carboxylic acids is 1. The van der Waals surface area contributed by atoms with Gasteiger partial charge in [-0.3, -0.25) is 4.57 Å². The number of alkyl halides is 3. The first-order valence-corrected chi connectivity index (χ1v) is 4.83. The van der Waals surface area contributed by atoms with Crippen molar-refractivity contribution in [3.8, 4) is 0 Å². The first-order valence-electron chi connectivity index (χ1n) is 4.83. The molecule has 0 fully saturated rings. The Hall–Kier alpha value is -2.51. The van der Waals surface area contributed by atoms with E-state index in [9.17, 15) is 18.0 Å². The smallest absolute Gasteiger partial charge is 0.475 e. The van der Waals surface area contributed by atoms with Gasteiger partial charge in [0.1, 0.15) is 0 Å². The van der Waals surface area contributed by atoms with Crippen LogP contribution in [0.5, 0.6) is 0 Å². The number of benzene rings is 1. The lowest BCUT2D eigenvalue weighted by molar-refractivity contribution is -0.192. The molecule has 8 heteroatoms. The lowest BCUT2D eigenvalue weighted by Crippen LogP contribution is -2.21. The Balaban J connectivity index is 0.000000224. The lowest BCUT2D eigenvalue weighted by atomic mass is 10.2. The Morgan fingerprint density at radius 3 is 2.05 bits per heavy atom. The van der Waals surface area contributed by atoms with Gasteiger partial charge in [-0.05, 0) is 12.1 Å². The molecule has 1 heterocycles. The minimum atomic E-state index is -5.08. The number of rotatable bonds is 0. The monoisotopic (exact) mass is 275 g/mol. The highest BCUT2D eigenvalue weighted by Crippen LogP contribution is 2.14. The Morgan fingerprint density at radius 2 is 1.58 bits per heavy atom. The van der Waals surface area contributed by atoms with Crippen molar-refractivity contribution in [1.29, 1.82) is 0 Å². The Labute approximate surface area is 104 Å². The molecule has 2 N–H and O–H groups in total.